The number of anilines is 2. The molecule has 3 heterocycles. The van der Waals surface area contributed by atoms with E-state index >= 15 is 4.39 Å². The first-order valence-electron chi connectivity index (χ1n) is 17.2. The van der Waals surface area contributed by atoms with E-state index in [2.05, 4.69) is 26.2 Å². The summed E-state index contributed by atoms with van der Waals surface area (Å²) in [6.45, 7) is 4.22. The highest BCUT2D eigenvalue weighted by Crippen LogP contribution is 2.43. The van der Waals surface area contributed by atoms with Gasteiger partial charge in [0, 0.05) is 30.6 Å². The molecule has 2 aromatic carbocycles. The highest BCUT2D eigenvalue weighted by molar-refractivity contribution is 7.85. The minimum absolute atomic E-state index is 0.0869. The number of phenols is 2. The molecule has 1 aliphatic carbocycles. The molecule has 0 aromatic heterocycles. The lowest BCUT2D eigenvalue weighted by atomic mass is 9.81. The van der Waals surface area contributed by atoms with Crippen molar-refractivity contribution in [2.45, 2.75) is 70.8 Å². The van der Waals surface area contributed by atoms with Gasteiger partial charge in [-0.25, -0.2) is 21.9 Å². The van der Waals surface area contributed by atoms with Crippen LogP contribution in [0, 0.1) is 17.7 Å². The maximum atomic E-state index is 15.4. The molecule has 52 heavy (non-hydrogen) atoms. The number of halogens is 3. The largest absolute Gasteiger partial charge is 0.506 e. The number of rotatable bonds is 12. The predicted octanol–water partition coefficient (Wildman–Crippen LogP) is 4.53. The van der Waals surface area contributed by atoms with Crippen molar-refractivity contribution in [3.05, 3.63) is 58.4 Å². The summed E-state index contributed by atoms with van der Waals surface area (Å²) in [5.41, 5.74) is 2.53. The number of benzene rings is 2. The first kappa shape index (κ1) is 39.8. The van der Waals surface area contributed by atoms with Crippen LogP contribution in [0.5, 0.6) is 11.5 Å². The first-order chi connectivity index (χ1) is 24.8. The van der Waals surface area contributed by atoms with E-state index in [0.717, 1.165) is 27.8 Å². The molecular weight excluding hydrogens is 738 g/mol. The fourth-order valence-corrected chi connectivity index (χ4v) is 8.89. The maximum Gasteiger partial charge on any atom is 0.253 e. The fraction of sp³-hybridized carbons (Fsp3) is 0.486. The molecule has 0 spiro atoms. The Labute approximate surface area is 312 Å². The zero-order valence-corrected chi connectivity index (χ0v) is 31.6. The third kappa shape index (κ3) is 9.02. The number of hydrogen-bond acceptors (Lipinski definition) is 8. The molecule has 2 fully saturated rings. The van der Waals surface area contributed by atoms with Crippen molar-refractivity contribution in [3.63, 3.8) is 0 Å². The number of aldehydes is 1. The summed E-state index contributed by atoms with van der Waals surface area (Å²) in [4.78, 5) is 22.4. The molecule has 4 aliphatic rings. The molecule has 5 atom stereocenters. The summed E-state index contributed by atoms with van der Waals surface area (Å²) >= 11 is 2.89. The summed E-state index contributed by atoms with van der Waals surface area (Å²) in [5, 5.41) is 27.0. The van der Waals surface area contributed by atoms with E-state index < -0.39 is 46.2 Å². The van der Waals surface area contributed by atoms with E-state index in [1.807, 2.05) is 13.8 Å². The van der Waals surface area contributed by atoms with Gasteiger partial charge in [-0.1, -0.05) is 56.9 Å². The van der Waals surface area contributed by atoms with Gasteiger partial charge in [0.1, 0.15) is 35.7 Å². The molecule has 0 radical (unpaired) electrons. The molecule has 6 N–H and O–H groups in total. The zero-order valence-electron chi connectivity index (χ0n) is 29.2. The summed E-state index contributed by atoms with van der Waals surface area (Å²) in [7, 11) is 1.39. The molecule has 1 saturated heterocycles. The quantitative estimate of drug-likeness (QED) is 0.135. The van der Waals surface area contributed by atoms with Gasteiger partial charge in [-0.2, -0.15) is 0 Å². The van der Waals surface area contributed by atoms with Crippen LogP contribution in [0.3, 0.4) is 0 Å². The third-order valence-corrected chi connectivity index (χ3v) is 12.0. The van der Waals surface area contributed by atoms with Gasteiger partial charge in [-0.3, -0.25) is 23.4 Å². The Kier molecular flexibility index (Phi) is 13.5. The minimum atomic E-state index is -1.92. The lowest BCUT2D eigenvalue weighted by Gasteiger charge is -2.31. The topological polar surface area (TPSA) is 163 Å². The number of carbonyl (C=O) groups excluding carboxylic acids is 2. The Morgan fingerprint density at radius 2 is 1.90 bits per heavy atom. The van der Waals surface area contributed by atoms with Crippen LogP contribution in [0.1, 0.15) is 63.5 Å². The number of carbonyl (C=O) groups is 2. The average Bonchev–Trinajstić information content (AvgIpc) is 3.67. The Balaban J connectivity index is 0.000000201. The SMILES string of the molecule is CNS(=O)N(CC=O)c1c(O)ccc(C2=CCC(F)NC2CC(C)C)c1F.O=C1CN(c2c(O)ccc(C3=CC(CC4CCC4)NC3)c2Cl)S(=O)N1. The first-order valence-corrected chi connectivity index (χ1v) is 19.8. The standard InChI is InChI=1S/C18H25F2N3O3S.C17H20ClN3O3S/c1-11(2)10-14-12(5-7-16(19)22-14)13-4-6-15(25)18(17(13)20)23(8-9-24)27(26)21-3;18-16-13(11-7-12(19-8-11)6-10-2-1-3-10)4-5-14(22)17(16)21-9-15(23)20-25(21)24/h4-6,9,11,14,16,21-22,25H,7-8,10H2,1-3H3;4-5,7,10,12,19,22H,1-3,6,8-9H2,(H,20,23). The summed E-state index contributed by atoms with van der Waals surface area (Å²) < 4.78 is 60.3. The van der Waals surface area contributed by atoms with Crippen molar-refractivity contribution in [1.82, 2.24) is 20.1 Å². The van der Waals surface area contributed by atoms with E-state index in [9.17, 15) is 32.6 Å². The molecule has 1 amide bonds. The monoisotopic (exact) mass is 782 g/mol. The number of nitrogens with zero attached hydrogens (tertiary/aromatic N) is 2. The second-order valence-corrected chi connectivity index (χ2v) is 16.4. The number of phenolic OH excluding ortho intramolecular Hbond substituents is 2. The van der Waals surface area contributed by atoms with Crippen molar-refractivity contribution >= 4 is 68.7 Å². The van der Waals surface area contributed by atoms with Crippen molar-refractivity contribution in [1.29, 1.82) is 0 Å². The van der Waals surface area contributed by atoms with Crippen LogP contribution < -0.4 is 28.7 Å². The molecule has 12 nitrogen and oxygen atoms in total. The zero-order chi connectivity index (χ0) is 37.7. The minimum Gasteiger partial charge on any atom is -0.506 e. The highest BCUT2D eigenvalue weighted by Gasteiger charge is 2.33. The Bertz CT molecular complexity index is 1780. The highest BCUT2D eigenvalue weighted by atomic mass is 35.5. The van der Waals surface area contributed by atoms with Crippen LogP contribution in [0.25, 0.3) is 11.1 Å². The second kappa shape index (κ2) is 17.6. The molecule has 2 aromatic rings. The number of hydrogen-bond donors (Lipinski definition) is 6. The van der Waals surface area contributed by atoms with E-state index in [1.54, 1.807) is 12.1 Å². The average molecular weight is 783 g/mol. The molecule has 5 unspecified atom stereocenters. The molecule has 1 saturated carbocycles. The predicted molar refractivity (Wildman–Crippen MR) is 201 cm³/mol. The number of nitrogens with one attached hydrogen (secondary N) is 4. The molecule has 284 valence electrons. The summed E-state index contributed by atoms with van der Waals surface area (Å²) in [5.74, 6) is -0.630. The van der Waals surface area contributed by atoms with Crippen LogP contribution in [-0.2, 0) is 31.9 Å². The maximum absolute atomic E-state index is 15.4. The van der Waals surface area contributed by atoms with Crippen LogP contribution in [0.15, 0.2) is 36.4 Å². The van der Waals surface area contributed by atoms with Gasteiger partial charge in [-0.15, -0.1) is 0 Å². The fourth-order valence-electron chi connectivity index (χ4n) is 6.75. The van der Waals surface area contributed by atoms with E-state index in [-0.39, 0.29) is 54.0 Å². The normalized spacial score (nSPS) is 23.7. The van der Waals surface area contributed by atoms with Gasteiger partial charge in [0.25, 0.3) is 5.91 Å². The van der Waals surface area contributed by atoms with E-state index in [1.165, 1.54) is 48.8 Å². The van der Waals surface area contributed by atoms with Gasteiger partial charge in [0.15, 0.2) is 23.3 Å². The molecular formula is C35H45ClF2N6O6S2. The van der Waals surface area contributed by atoms with Crippen molar-refractivity contribution in [3.8, 4) is 11.5 Å². The van der Waals surface area contributed by atoms with Gasteiger partial charge in [0.2, 0.25) is 11.2 Å². The Hall–Kier alpha value is -3.41. The molecule has 3 aliphatic heterocycles. The molecule has 17 heteroatoms. The number of aromatic hydroxyl groups is 2. The third-order valence-electron chi connectivity index (χ3n) is 9.43. The van der Waals surface area contributed by atoms with Crippen LogP contribution in [0.2, 0.25) is 5.02 Å². The number of alkyl halides is 1. The second-order valence-electron chi connectivity index (χ2n) is 13.5. The molecule has 0 bridgehead atoms. The lowest BCUT2D eigenvalue weighted by Crippen LogP contribution is -2.40. The van der Waals surface area contributed by atoms with Gasteiger partial charge in [-0.05, 0) is 72.7 Å². The Morgan fingerprint density at radius 3 is 2.52 bits per heavy atom. The van der Waals surface area contributed by atoms with Crippen molar-refractivity contribution in [2.24, 2.45) is 11.8 Å². The van der Waals surface area contributed by atoms with Crippen LogP contribution in [0.4, 0.5) is 20.2 Å². The van der Waals surface area contributed by atoms with Crippen LogP contribution >= 0.6 is 11.6 Å². The molecule has 6 rings (SSSR count). The van der Waals surface area contributed by atoms with Gasteiger partial charge < -0.3 is 20.3 Å². The van der Waals surface area contributed by atoms with Crippen molar-refractivity contribution < 1.29 is 37.0 Å². The summed E-state index contributed by atoms with van der Waals surface area (Å²) in [6.07, 6.45) is 8.90. The summed E-state index contributed by atoms with van der Waals surface area (Å²) in [6, 6.07) is 5.96. The number of amides is 1. The van der Waals surface area contributed by atoms with Gasteiger partial charge in [0.05, 0.1) is 11.6 Å². The Morgan fingerprint density at radius 1 is 1.19 bits per heavy atom. The van der Waals surface area contributed by atoms with Gasteiger partial charge >= 0.3 is 0 Å². The smallest absolute Gasteiger partial charge is 0.253 e. The van der Waals surface area contributed by atoms with Crippen LogP contribution in [-0.4, -0.2) is 75.9 Å². The van der Waals surface area contributed by atoms with E-state index in [4.69, 9.17) is 11.6 Å². The van der Waals surface area contributed by atoms with Crippen molar-refractivity contribution in [2.75, 3.05) is 35.3 Å². The lowest BCUT2D eigenvalue weighted by molar-refractivity contribution is -0.117. The van der Waals surface area contributed by atoms with E-state index in [0.29, 0.717) is 35.9 Å².